The van der Waals surface area contributed by atoms with Gasteiger partial charge in [0.1, 0.15) is 5.75 Å². The third-order valence-corrected chi connectivity index (χ3v) is 7.74. The molecule has 1 aliphatic carbocycles. The summed E-state index contributed by atoms with van der Waals surface area (Å²) in [6, 6.07) is 9.36. The van der Waals surface area contributed by atoms with Crippen molar-refractivity contribution in [1.82, 2.24) is 0 Å². The van der Waals surface area contributed by atoms with Crippen LogP contribution in [0.15, 0.2) is 24.3 Å². The van der Waals surface area contributed by atoms with Gasteiger partial charge in [0.2, 0.25) is 0 Å². The van der Waals surface area contributed by atoms with Crippen LogP contribution in [0.4, 0.5) is 0 Å². The molecular formula is C31H46O. The first-order valence-corrected chi connectivity index (χ1v) is 12.7. The van der Waals surface area contributed by atoms with Crippen LogP contribution in [0.5, 0.6) is 5.75 Å². The first-order chi connectivity index (χ1) is 14.8. The lowest BCUT2D eigenvalue weighted by atomic mass is 9.74. The number of benzene rings is 2. The molecule has 1 N–H and O–H groups in total. The van der Waals surface area contributed by atoms with Gasteiger partial charge in [0, 0.05) is 0 Å². The molecule has 0 aromatic heterocycles. The van der Waals surface area contributed by atoms with Crippen molar-refractivity contribution in [3.63, 3.8) is 0 Å². The van der Waals surface area contributed by atoms with E-state index in [1.54, 1.807) is 5.56 Å². The van der Waals surface area contributed by atoms with Crippen molar-refractivity contribution in [2.24, 2.45) is 11.8 Å². The lowest BCUT2D eigenvalue weighted by Gasteiger charge is -2.31. The zero-order valence-electron chi connectivity index (χ0n) is 22.2. The van der Waals surface area contributed by atoms with E-state index >= 15 is 0 Å². The molecule has 0 bridgehead atoms. The van der Waals surface area contributed by atoms with E-state index in [1.807, 2.05) is 0 Å². The van der Waals surface area contributed by atoms with Crippen molar-refractivity contribution in [3.05, 3.63) is 63.2 Å². The zero-order chi connectivity index (χ0) is 23.8. The van der Waals surface area contributed by atoms with Gasteiger partial charge in [-0.1, -0.05) is 65.8 Å². The Balaban J connectivity index is 1.70. The van der Waals surface area contributed by atoms with Crippen molar-refractivity contribution in [2.45, 2.75) is 112 Å². The van der Waals surface area contributed by atoms with Crippen LogP contribution >= 0.6 is 0 Å². The van der Waals surface area contributed by atoms with Crippen LogP contribution in [0.2, 0.25) is 0 Å². The number of phenolic OH excluding ortho intramolecular Hbond substituents is 1. The molecule has 0 radical (unpaired) electrons. The van der Waals surface area contributed by atoms with Gasteiger partial charge in [-0.2, -0.15) is 0 Å². The standard InChI is InChI=1S/C31H46O/c1-20-14-22(3)26(15-21(20)2)17-24-12-10-23(11-13-24)16-25-18-27(30(4,5)6)29(32)28(19-25)31(7,8)9/h14-15,18-19,23-24,32H,10-13,16-17H2,1-9H3. The van der Waals surface area contributed by atoms with Gasteiger partial charge in [-0.3, -0.25) is 0 Å². The fourth-order valence-corrected chi connectivity index (χ4v) is 5.48. The molecule has 1 saturated carbocycles. The molecule has 1 nitrogen and oxygen atoms in total. The highest BCUT2D eigenvalue weighted by molar-refractivity contribution is 5.50. The van der Waals surface area contributed by atoms with Crippen molar-refractivity contribution >= 4 is 0 Å². The first-order valence-electron chi connectivity index (χ1n) is 12.7. The topological polar surface area (TPSA) is 20.2 Å². The van der Waals surface area contributed by atoms with E-state index in [0.29, 0.717) is 5.75 Å². The van der Waals surface area contributed by atoms with E-state index in [1.165, 1.54) is 54.4 Å². The minimum absolute atomic E-state index is 0.0538. The van der Waals surface area contributed by atoms with Crippen LogP contribution in [0.25, 0.3) is 0 Å². The number of hydrogen-bond donors (Lipinski definition) is 1. The maximum atomic E-state index is 11.0. The fraction of sp³-hybridized carbons (Fsp3) is 0.613. The Kier molecular flexibility index (Phi) is 7.18. The van der Waals surface area contributed by atoms with Gasteiger partial charge in [-0.25, -0.2) is 0 Å². The molecule has 0 amide bonds. The Morgan fingerprint density at radius 3 is 1.56 bits per heavy atom. The average Bonchev–Trinajstić information content (AvgIpc) is 2.67. The summed E-state index contributed by atoms with van der Waals surface area (Å²) in [7, 11) is 0. The van der Waals surface area contributed by atoms with Crippen LogP contribution in [0.3, 0.4) is 0 Å². The summed E-state index contributed by atoms with van der Waals surface area (Å²) in [5.74, 6) is 2.08. The summed E-state index contributed by atoms with van der Waals surface area (Å²) in [5, 5.41) is 11.0. The maximum absolute atomic E-state index is 11.0. The Hall–Kier alpha value is -1.76. The fourth-order valence-electron chi connectivity index (χ4n) is 5.48. The lowest BCUT2D eigenvalue weighted by molar-refractivity contribution is 0.272. The van der Waals surface area contributed by atoms with Crippen LogP contribution < -0.4 is 0 Å². The van der Waals surface area contributed by atoms with E-state index < -0.39 is 0 Å². The minimum Gasteiger partial charge on any atom is -0.507 e. The van der Waals surface area contributed by atoms with Crippen molar-refractivity contribution in [3.8, 4) is 5.75 Å². The monoisotopic (exact) mass is 434 g/mol. The molecule has 176 valence electrons. The molecular weight excluding hydrogens is 388 g/mol. The quantitative estimate of drug-likeness (QED) is 0.511. The van der Waals surface area contributed by atoms with Gasteiger partial charge in [0.25, 0.3) is 0 Å². The Morgan fingerprint density at radius 1 is 0.656 bits per heavy atom. The Morgan fingerprint density at radius 2 is 1.09 bits per heavy atom. The van der Waals surface area contributed by atoms with Gasteiger partial charge >= 0.3 is 0 Å². The summed E-state index contributed by atoms with van der Waals surface area (Å²) in [6.07, 6.45) is 7.71. The van der Waals surface area contributed by atoms with Crippen LogP contribution in [-0.4, -0.2) is 5.11 Å². The van der Waals surface area contributed by atoms with Gasteiger partial charge in [-0.15, -0.1) is 0 Å². The zero-order valence-corrected chi connectivity index (χ0v) is 22.2. The van der Waals surface area contributed by atoms with Gasteiger partial charge in [0.15, 0.2) is 0 Å². The molecule has 0 spiro atoms. The summed E-state index contributed by atoms with van der Waals surface area (Å²) in [5.41, 5.74) is 9.35. The molecule has 32 heavy (non-hydrogen) atoms. The second-order valence-corrected chi connectivity index (χ2v) is 12.7. The van der Waals surface area contributed by atoms with E-state index in [2.05, 4.69) is 86.6 Å². The summed E-state index contributed by atoms with van der Waals surface area (Å²) >= 11 is 0. The molecule has 0 atom stereocenters. The predicted molar refractivity (Wildman–Crippen MR) is 139 cm³/mol. The highest BCUT2D eigenvalue weighted by Crippen LogP contribution is 2.41. The van der Waals surface area contributed by atoms with Gasteiger partial charge in [-0.05, 0) is 121 Å². The normalized spacial score (nSPS) is 19.9. The number of hydrogen-bond acceptors (Lipinski definition) is 1. The molecule has 1 aliphatic rings. The van der Waals surface area contributed by atoms with Gasteiger partial charge < -0.3 is 5.11 Å². The van der Waals surface area contributed by atoms with E-state index in [0.717, 1.165) is 29.4 Å². The van der Waals surface area contributed by atoms with Crippen molar-refractivity contribution in [1.29, 1.82) is 0 Å². The van der Waals surface area contributed by atoms with E-state index in [9.17, 15) is 5.11 Å². The highest BCUT2D eigenvalue weighted by Gasteiger charge is 2.28. The second kappa shape index (κ2) is 9.24. The second-order valence-electron chi connectivity index (χ2n) is 12.7. The SMILES string of the molecule is Cc1cc(C)c(CC2CCC(Cc3cc(C(C)(C)C)c(O)c(C(C)(C)C)c3)CC2)cc1C. The molecule has 1 fully saturated rings. The Labute approximate surface area is 197 Å². The van der Waals surface area contributed by atoms with Crippen LogP contribution in [-0.2, 0) is 23.7 Å². The highest BCUT2D eigenvalue weighted by atomic mass is 16.3. The molecule has 2 aromatic rings. The lowest BCUT2D eigenvalue weighted by Crippen LogP contribution is -2.20. The molecule has 0 unspecified atom stereocenters. The molecule has 0 heterocycles. The third kappa shape index (κ3) is 5.77. The van der Waals surface area contributed by atoms with Gasteiger partial charge in [0.05, 0.1) is 0 Å². The largest absolute Gasteiger partial charge is 0.507 e. The summed E-state index contributed by atoms with van der Waals surface area (Å²) in [6.45, 7) is 20.0. The third-order valence-electron chi connectivity index (χ3n) is 7.74. The molecule has 2 aromatic carbocycles. The number of aryl methyl sites for hydroxylation is 3. The van der Waals surface area contributed by atoms with E-state index in [4.69, 9.17) is 0 Å². The number of rotatable bonds is 4. The van der Waals surface area contributed by atoms with Crippen molar-refractivity contribution in [2.75, 3.05) is 0 Å². The van der Waals surface area contributed by atoms with Crippen molar-refractivity contribution < 1.29 is 5.11 Å². The summed E-state index contributed by atoms with van der Waals surface area (Å²) < 4.78 is 0. The molecule has 0 aliphatic heterocycles. The predicted octanol–water partition coefficient (Wildman–Crippen LogP) is 8.50. The average molecular weight is 435 g/mol. The molecule has 3 rings (SSSR count). The Bertz CT molecular complexity index is 909. The maximum Gasteiger partial charge on any atom is 0.123 e. The molecule has 0 saturated heterocycles. The first kappa shape index (κ1) is 24.9. The number of aromatic hydroxyl groups is 1. The van der Waals surface area contributed by atoms with Crippen LogP contribution in [0.1, 0.15) is 106 Å². The summed E-state index contributed by atoms with van der Waals surface area (Å²) in [4.78, 5) is 0. The number of phenols is 1. The minimum atomic E-state index is -0.0538. The molecule has 1 heteroatoms. The smallest absolute Gasteiger partial charge is 0.123 e. The van der Waals surface area contributed by atoms with E-state index in [-0.39, 0.29) is 10.8 Å². The van der Waals surface area contributed by atoms with Crippen LogP contribution in [0, 0.1) is 32.6 Å².